The van der Waals surface area contributed by atoms with E-state index in [9.17, 15) is 24.2 Å². The normalized spacial score (nSPS) is 17.0. The van der Waals surface area contributed by atoms with Crippen LogP contribution in [0.4, 0.5) is 4.39 Å². The lowest BCUT2D eigenvalue weighted by atomic mass is 9.86. The number of hydrogen-bond acceptors (Lipinski definition) is 8. The number of fused-ring (bicyclic) bond motifs is 1. The van der Waals surface area contributed by atoms with E-state index in [0.717, 1.165) is 53.2 Å². The third-order valence-corrected chi connectivity index (χ3v) is 7.20. The Labute approximate surface area is 247 Å². The van der Waals surface area contributed by atoms with E-state index < -0.39 is 24.5 Å². The quantitative estimate of drug-likeness (QED) is 0.228. The van der Waals surface area contributed by atoms with Crippen molar-refractivity contribution in [2.75, 3.05) is 32.9 Å². The molecule has 10 nitrogen and oxygen atoms in total. The van der Waals surface area contributed by atoms with Gasteiger partial charge in [0, 0.05) is 36.7 Å². The first-order chi connectivity index (χ1) is 20.5. The van der Waals surface area contributed by atoms with Crippen molar-refractivity contribution in [3.8, 4) is 23.0 Å². The zero-order valence-electron chi connectivity index (χ0n) is 23.5. The van der Waals surface area contributed by atoms with Gasteiger partial charge in [-0.05, 0) is 66.1 Å². The largest absolute Gasteiger partial charge is 0.508 e. The molecule has 1 saturated heterocycles. The molecule has 0 radical (unpaired) electrons. The number of rotatable bonds is 10. The molecule has 2 aliphatic rings. The highest BCUT2D eigenvalue weighted by Crippen LogP contribution is 2.47. The number of carbonyl (C=O) groups is 2. The second-order valence-electron chi connectivity index (χ2n) is 10.4. The summed E-state index contributed by atoms with van der Waals surface area (Å²) in [7, 11) is 0. The minimum atomic E-state index is -1.79. The number of aliphatic carboxylic acids is 2. The number of halogens is 1. The van der Waals surface area contributed by atoms with Crippen molar-refractivity contribution in [3.05, 3.63) is 83.4 Å². The molecule has 2 aliphatic heterocycles. The van der Waals surface area contributed by atoms with Gasteiger partial charge in [0.15, 0.2) is 6.10 Å². The molecule has 228 valence electrons. The third kappa shape index (κ3) is 8.02. The SMILES string of the molecule is CC1=C(c2cccc(O)c2)[C@@H](c2ccc(OCCN3CC(CF)C3)cc2)Oc2ccc(O)cc21.O=C(O)C[C@H](O)C(=O)O. The van der Waals surface area contributed by atoms with Gasteiger partial charge in [-0.25, -0.2) is 4.79 Å². The van der Waals surface area contributed by atoms with Crippen LogP contribution in [-0.4, -0.2) is 81.4 Å². The molecule has 43 heavy (non-hydrogen) atoms. The monoisotopic (exact) mass is 595 g/mol. The molecule has 0 saturated carbocycles. The molecule has 3 aromatic carbocycles. The molecule has 0 unspecified atom stereocenters. The summed E-state index contributed by atoms with van der Waals surface area (Å²) in [6, 6.07) is 20.1. The number of allylic oxidation sites excluding steroid dienone is 1. The first-order valence-electron chi connectivity index (χ1n) is 13.7. The fourth-order valence-electron chi connectivity index (χ4n) is 4.96. The van der Waals surface area contributed by atoms with Gasteiger partial charge in [-0.2, -0.15) is 0 Å². The summed E-state index contributed by atoms with van der Waals surface area (Å²) in [5, 5.41) is 44.3. The molecule has 0 bridgehead atoms. The second kappa shape index (κ2) is 14.0. The standard InChI is InChI=1S/C28H28FNO4.C4H6O5/c1-18-25-14-23(32)7-10-26(25)34-28(27(18)21-3-2-4-22(31)13-21)20-5-8-24(9-6-20)33-12-11-30-16-19(15-29)17-30;5-2(4(8)9)1-3(6)7/h2-10,13-14,19,28,31-32H,11-12,15-17H2,1H3;2,5H,1H2,(H,6,7)(H,8,9)/t28-;2-/m10/s1. The van der Waals surface area contributed by atoms with Crippen LogP contribution >= 0.6 is 0 Å². The number of benzene rings is 3. The number of nitrogens with zero attached hydrogens (tertiary/aromatic N) is 1. The number of ether oxygens (including phenoxy) is 2. The summed E-state index contributed by atoms with van der Waals surface area (Å²) < 4.78 is 24.9. The lowest BCUT2D eigenvalue weighted by Gasteiger charge is -2.37. The van der Waals surface area contributed by atoms with E-state index in [1.54, 1.807) is 30.3 Å². The zero-order chi connectivity index (χ0) is 31.1. The average molecular weight is 596 g/mol. The van der Waals surface area contributed by atoms with Crippen LogP contribution in [0.25, 0.3) is 11.1 Å². The summed E-state index contributed by atoms with van der Waals surface area (Å²) in [6.07, 6.45) is -2.93. The molecule has 5 rings (SSSR count). The fraction of sp³-hybridized carbons (Fsp3) is 0.312. The number of alkyl halides is 1. The van der Waals surface area contributed by atoms with Crippen molar-refractivity contribution in [1.29, 1.82) is 0 Å². The predicted molar refractivity (Wildman–Crippen MR) is 156 cm³/mol. The maximum atomic E-state index is 12.6. The fourth-order valence-corrected chi connectivity index (χ4v) is 4.96. The lowest BCUT2D eigenvalue weighted by molar-refractivity contribution is -0.152. The van der Waals surface area contributed by atoms with E-state index in [0.29, 0.717) is 12.4 Å². The number of likely N-dealkylation sites (tertiary alicyclic amines) is 1. The Balaban J connectivity index is 0.000000410. The highest BCUT2D eigenvalue weighted by Gasteiger charge is 2.30. The van der Waals surface area contributed by atoms with Crippen molar-refractivity contribution in [2.45, 2.75) is 25.6 Å². The van der Waals surface area contributed by atoms with Crippen molar-refractivity contribution < 1.29 is 49.0 Å². The molecule has 1 fully saturated rings. The Kier molecular flexibility index (Phi) is 10.2. The summed E-state index contributed by atoms with van der Waals surface area (Å²) >= 11 is 0. The zero-order valence-corrected chi connectivity index (χ0v) is 23.5. The van der Waals surface area contributed by atoms with E-state index in [2.05, 4.69) is 4.90 Å². The lowest BCUT2D eigenvalue weighted by Crippen LogP contribution is -2.49. The van der Waals surface area contributed by atoms with Gasteiger partial charge in [0.2, 0.25) is 0 Å². The Hall–Kier alpha value is -4.61. The van der Waals surface area contributed by atoms with Gasteiger partial charge >= 0.3 is 11.9 Å². The second-order valence-corrected chi connectivity index (χ2v) is 10.4. The Morgan fingerprint density at radius 2 is 1.72 bits per heavy atom. The first-order valence-corrected chi connectivity index (χ1v) is 13.7. The van der Waals surface area contributed by atoms with Gasteiger partial charge in [0.25, 0.3) is 0 Å². The molecule has 3 aromatic rings. The topological polar surface area (TPSA) is 157 Å². The molecule has 2 heterocycles. The van der Waals surface area contributed by atoms with Crippen LogP contribution < -0.4 is 9.47 Å². The summed E-state index contributed by atoms with van der Waals surface area (Å²) in [4.78, 5) is 21.6. The van der Waals surface area contributed by atoms with Crippen LogP contribution in [0.3, 0.4) is 0 Å². The van der Waals surface area contributed by atoms with E-state index >= 15 is 0 Å². The van der Waals surface area contributed by atoms with Crippen LogP contribution in [0.1, 0.15) is 36.1 Å². The van der Waals surface area contributed by atoms with Gasteiger partial charge in [-0.1, -0.05) is 24.3 Å². The van der Waals surface area contributed by atoms with Crippen LogP contribution in [0, 0.1) is 5.92 Å². The van der Waals surface area contributed by atoms with Crippen LogP contribution in [0.15, 0.2) is 66.7 Å². The molecular weight excluding hydrogens is 561 g/mol. The van der Waals surface area contributed by atoms with E-state index in [-0.39, 0.29) is 30.2 Å². The van der Waals surface area contributed by atoms with E-state index in [4.69, 9.17) is 24.8 Å². The Bertz CT molecular complexity index is 1470. The third-order valence-electron chi connectivity index (χ3n) is 7.20. The van der Waals surface area contributed by atoms with Gasteiger partial charge < -0.3 is 35.0 Å². The van der Waals surface area contributed by atoms with E-state index in [1.807, 2.05) is 43.3 Å². The maximum Gasteiger partial charge on any atom is 0.333 e. The highest BCUT2D eigenvalue weighted by molar-refractivity contribution is 5.95. The molecule has 11 heteroatoms. The number of phenolic OH excluding ortho intramolecular Hbond substituents is 2. The first kappa shape index (κ1) is 31.3. The van der Waals surface area contributed by atoms with E-state index in [1.165, 1.54) is 0 Å². The molecule has 0 aromatic heterocycles. The van der Waals surface area contributed by atoms with Crippen molar-refractivity contribution in [1.82, 2.24) is 4.90 Å². The molecule has 5 N–H and O–H groups in total. The molecular formula is C32H34FNO9. The number of carboxylic acid groups (broad SMARTS) is 2. The smallest absolute Gasteiger partial charge is 0.333 e. The van der Waals surface area contributed by atoms with Crippen molar-refractivity contribution in [2.24, 2.45) is 5.92 Å². The van der Waals surface area contributed by atoms with Crippen LogP contribution in [0.5, 0.6) is 23.0 Å². The predicted octanol–water partition coefficient (Wildman–Crippen LogP) is 4.35. The minimum absolute atomic E-state index is 0.176. The number of phenols is 2. The maximum absolute atomic E-state index is 12.6. The van der Waals surface area contributed by atoms with Gasteiger partial charge in [0.05, 0.1) is 13.1 Å². The number of hydrogen-bond donors (Lipinski definition) is 5. The number of aliphatic hydroxyl groups is 1. The van der Waals surface area contributed by atoms with Crippen LogP contribution in [0.2, 0.25) is 0 Å². The summed E-state index contributed by atoms with van der Waals surface area (Å²) in [5.74, 6) is -0.835. The number of aliphatic hydroxyl groups excluding tert-OH is 1. The van der Waals surface area contributed by atoms with Crippen LogP contribution in [-0.2, 0) is 9.59 Å². The highest BCUT2D eigenvalue weighted by atomic mass is 19.1. The number of aromatic hydroxyl groups is 2. The summed E-state index contributed by atoms with van der Waals surface area (Å²) in [6.45, 7) is 4.72. The van der Waals surface area contributed by atoms with Gasteiger partial charge in [-0.15, -0.1) is 0 Å². The Morgan fingerprint density at radius 3 is 2.33 bits per heavy atom. The average Bonchev–Trinajstić information content (AvgIpc) is 2.95. The van der Waals surface area contributed by atoms with Gasteiger partial charge in [0.1, 0.15) is 35.7 Å². The molecule has 0 amide bonds. The van der Waals surface area contributed by atoms with Gasteiger partial charge in [-0.3, -0.25) is 14.1 Å². The minimum Gasteiger partial charge on any atom is -0.508 e. The van der Waals surface area contributed by atoms with Crippen molar-refractivity contribution >= 4 is 23.1 Å². The molecule has 0 spiro atoms. The van der Waals surface area contributed by atoms with Crippen molar-refractivity contribution in [3.63, 3.8) is 0 Å². The summed E-state index contributed by atoms with van der Waals surface area (Å²) in [5.41, 5.74) is 4.56. The Morgan fingerprint density at radius 1 is 1.02 bits per heavy atom. The molecule has 0 aliphatic carbocycles. The molecule has 2 atom stereocenters. The number of carboxylic acids is 2.